The fourth-order valence-electron chi connectivity index (χ4n) is 3.41. The molecule has 4 nitrogen and oxygen atoms in total. The maximum atomic E-state index is 12.3. The lowest BCUT2D eigenvalue weighted by atomic mass is 9.92. The predicted molar refractivity (Wildman–Crippen MR) is 80.5 cm³/mol. The van der Waals surface area contributed by atoms with Gasteiger partial charge in [0.25, 0.3) is 0 Å². The number of carbonyl (C=O) groups is 1. The molecule has 0 spiro atoms. The van der Waals surface area contributed by atoms with Crippen molar-refractivity contribution >= 4 is 5.91 Å². The molecule has 0 bridgehead atoms. The molecule has 1 saturated heterocycles. The zero-order chi connectivity index (χ0) is 14.4. The van der Waals surface area contributed by atoms with Crippen molar-refractivity contribution in [2.45, 2.75) is 82.9 Å². The van der Waals surface area contributed by atoms with E-state index in [9.17, 15) is 9.90 Å². The molecule has 0 radical (unpaired) electrons. The molecule has 1 amide bonds. The van der Waals surface area contributed by atoms with E-state index in [0.717, 1.165) is 51.6 Å². The molecule has 2 aliphatic rings. The first kappa shape index (κ1) is 15.8. The van der Waals surface area contributed by atoms with Crippen LogP contribution in [0.4, 0.5) is 0 Å². The van der Waals surface area contributed by atoms with Crippen molar-refractivity contribution < 1.29 is 9.90 Å². The molecule has 0 unspecified atom stereocenters. The van der Waals surface area contributed by atoms with Crippen LogP contribution in [0, 0.1) is 0 Å². The molecule has 2 rings (SSSR count). The molecule has 20 heavy (non-hydrogen) atoms. The van der Waals surface area contributed by atoms with Crippen molar-refractivity contribution in [3.8, 4) is 0 Å². The van der Waals surface area contributed by atoms with E-state index < -0.39 is 0 Å². The number of aliphatic hydroxyl groups excluding tert-OH is 1. The normalized spacial score (nSPS) is 29.8. The molecule has 116 valence electrons. The van der Waals surface area contributed by atoms with Crippen LogP contribution >= 0.6 is 0 Å². The number of hydrogen-bond acceptors (Lipinski definition) is 3. The van der Waals surface area contributed by atoms with Gasteiger partial charge < -0.3 is 15.3 Å². The Morgan fingerprint density at radius 3 is 2.35 bits per heavy atom. The standard InChI is InChI=1S/C16H30N2O2/c1-13(17-14-6-8-15(19)9-7-14)12-16(20)18-10-4-2-3-5-11-18/h13-15,17,19H,2-12H2,1H3/t13-,14?,15?/m0/s1. The molecule has 1 aliphatic heterocycles. The summed E-state index contributed by atoms with van der Waals surface area (Å²) in [5.41, 5.74) is 0. The van der Waals surface area contributed by atoms with Crippen LogP contribution in [0.1, 0.15) is 64.7 Å². The largest absolute Gasteiger partial charge is 0.393 e. The highest BCUT2D eigenvalue weighted by Crippen LogP contribution is 2.19. The minimum atomic E-state index is -0.109. The van der Waals surface area contributed by atoms with Crippen LogP contribution in [0.3, 0.4) is 0 Å². The molecule has 0 aromatic heterocycles. The van der Waals surface area contributed by atoms with E-state index in [2.05, 4.69) is 17.1 Å². The van der Waals surface area contributed by atoms with Gasteiger partial charge in [-0.1, -0.05) is 12.8 Å². The number of hydrogen-bond donors (Lipinski definition) is 2. The Morgan fingerprint density at radius 1 is 1.15 bits per heavy atom. The lowest BCUT2D eigenvalue weighted by molar-refractivity contribution is -0.131. The molecule has 4 heteroatoms. The molecule has 0 aromatic carbocycles. The number of rotatable bonds is 4. The van der Waals surface area contributed by atoms with Crippen molar-refractivity contribution in [1.82, 2.24) is 10.2 Å². The fraction of sp³-hybridized carbons (Fsp3) is 0.938. The Labute approximate surface area is 122 Å². The van der Waals surface area contributed by atoms with Crippen LogP contribution in [-0.4, -0.2) is 47.2 Å². The van der Waals surface area contributed by atoms with Gasteiger partial charge in [0.15, 0.2) is 0 Å². The van der Waals surface area contributed by atoms with Gasteiger partial charge in [-0.05, 0) is 45.4 Å². The molecule has 1 aliphatic carbocycles. The molecule has 2 fully saturated rings. The number of nitrogens with zero attached hydrogens (tertiary/aromatic N) is 1. The van der Waals surface area contributed by atoms with Gasteiger partial charge in [0.2, 0.25) is 5.91 Å². The van der Waals surface area contributed by atoms with Crippen LogP contribution in [0.5, 0.6) is 0 Å². The van der Waals surface area contributed by atoms with Crippen molar-refractivity contribution in [2.24, 2.45) is 0 Å². The summed E-state index contributed by atoms with van der Waals surface area (Å²) in [5.74, 6) is 0.308. The maximum Gasteiger partial charge on any atom is 0.224 e. The van der Waals surface area contributed by atoms with Crippen molar-refractivity contribution in [3.63, 3.8) is 0 Å². The molecular weight excluding hydrogens is 252 g/mol. The third-order valence-electron chi connectivity index (χ3n) is 4.66. The van der Waals surface area contributed by atoms with E-state index >= 15 is 0 Å². The topological polar surface area (TPSA) is 52.6 Å². The van der Waals surface area contributed by atoms with Crippen LogP contribution in [-0.2, 0) is 4.79 Å². The average molecular weight is 282 g/mol. The minimum Gasteiger partial charge on any atom is -0.393 e. The third kappa shape index (κ3) is 5.06. The number of aliphatic hydroxyl groups is 1. The Balaban J connectivity index is 1.70. The second kappa shape index (κ2) is 7.99. The summed E-state index contributed by atoms with van der Waals surface area (Å²) in [6.07, 6.45) is 9.20. The van der Waals surface area contributed by atoms with E-state index in [4.69, 9.17) is 0 Å². The Kier molecular flexibility index (Phi) is 6.30. The van der Waals surface area contributed by atoms with E-state index in [1.54, 1.807) is 0 Å². The number of carbonyl (C=O) groups excluding carboxylic acids is 1. The van der Waals surface area contributed by atoms with Gasteiger partial charge in [-0.25, -0.2) is 0 Å². The van der Waals surface area contributed by atoms with Gasteiger partial charge in [-0.3, -0.25) is 4.79 Å². The summed E-state index contributed by atoms with van der Waals surface area (Å²) in [6.45, 7) is 4.00. The van der Waals surface area contributed by atoms with Crippen LogP contribution < -0.4 is 5.32 Å². The van der Waals surface area contributed by atoms with E-state index in [0.29, 0.717) is 18.4 Å². The summed E-state index contributed by atoms with van der Waals surface area (Å²) in [6, 6.07) is 0.719. The van der Waals surface area contributed by atoms with E-state index in [1.807, 2.05) is 0 Å². The summed E-state index contributed by atoms with van der Waals surface area (Å²) in [7, 11) is 0. The fourth-order valence-corrected chi connectivity index (χ4v) is 3.41. The molecule has 0 aromatic rings. The lowest BCUT2D eigenvalue weighted by Gasteiger charge is -2.30. The molecule has 1 atom stereocenters. The number of amides is 1. The van der Waals surface area contributed by atoms with Gasteiger partial charge in [-0.2, -0.15) is 0 Å². The highest BCUT2D eigenvalue weighted by molar-refractivity contribution is 5.76. The first-order valence-electron chi connectivity index (χ1n) is 8.37. The predicted octanol–water partition coefficient (Wildman–Crippen LogP) is 2.06. The van der Waals surface area contributed by atoms with Gasteiger partial charge in [-0.15, -0.1) is 0 Å². The van der Waals surface area contributed by atoms with Gasteiger partial charge >= 0.3 is 0 Å². The third-order valence-corrected chi connectivity index (χ3v) is 4.66. The Bertz CT molecular complexity index is 293. The zero-order valence-corrected chi connectivity index (χ0v) is 12.8. The number of likely N-dealkylation sites (tertiary alicyclic amines) is 1. The second-order valence-corrected chi connectivity index (χ2v) is 6.57. The summed E-state index contributed by atoms with van der Waals surface area (Å²) >= 11 is 0. The SMILES string of the molecule is C[C@@H](CC(=O)N1CCCCCC1)NC1CCC(O)CC1. The summed E-state index contributed by atoms with van der Waals surface area (Å²) in [4.78, 5) is 14.4. The minimum absolute atomic E-state index is 0.109. The summed E-state index contributed by atoms with van der Waals surface area (Å²) < 4.78 is 0. The molecular formula is C16H30N2O2. The van der Waals surface area contributed by atoms with Gasteiger partial charge in [0.1, 0.15) is 0 Å². The maximum absolute atomic E-state index is 12.3. The van der Waals surface area contributed by atoms with Crippen LogP contribution in [0.25, 0.3) is 0 Å². The van der Waals surface area contributed by atoms with Crippen molar-refractivity contribution in [3.05, 3.63) is 0 Å². The van der Waals surface area contributed by atoms with Crippen LogP contribution in [0.15, 0.2) is 0 Å². The van der Waals surface area contributed by atoms with E-state index in [1.165, 1.54) is 12.8 Å². The van der Waals surface area contributed by atoms with Gasteiger partial charge in [0, 0.05) is 31.6 Å². The average Bonchev–Trinajstić information content (AvgIpc) is 2.70. The lowest BCUT2D eigenvalue weighted by Crippen LogP contribution is -2.43. The van der Waals surface area contributed by atoms with Gasteiger partial charge in [0.05, 0.1) is 6.10 Å². The smallest absolute Gasteiger partial charge is 0.224 e. The monoisotopic (exact) mass is 282 g/mol. The highest BCUT2D eigenvalue weighted by atomic mass is 16.3. The van der Waals surface area contributed by atoms with Crippen molar-refractivity contribution in [1.29, 1.82) is 0 Å². The zero-order valence-electron chi connectivity index (χ0n) is 12.8. The Hall–Kier alpha value is -0.610. The number of nitrogens with one attached hydrogen (secondary N) is 1. The van der Waals surface area contributed by atoms with Crippen LogP contribution in [0.2, 0.25) is 0 Å². The summed E-state index contributed by atoms with van der Waals surface area (Å²) in [5, 5.41) is 13.1. The highest BCUT2D eigenvalue weighted by Gasteiger charge is 2.23. The first-order chi connectivity index (χ1) is 9.65. The Morgan fingerprint density at radius 2 is 1.75 bits per heavy atom. The molecule has 2 N–H and O–H groups in total. The van der Waals surface area contributed by atoms with Crippen molar-refractivity contribution in [2.75, 3.05) is 13.1 Å². The van der Waals surface area contributed by atoms with E-state index in [-0.39, 0.29) is 12.1 Å². The molecule has 1 heterocycles. The second-order valence-electron chi connectivity index (χ2n) is 6.57. The quantitative estimate of drug-likeness (QED) is 0.830. The first-order valence-corrected chi connectivity index (χ1v) is 8.37. The molecule has 1 saturated carbocycles.